The van der Waals surface area contributed by atoms with E-state index in [0.717, 1.165) is 31.7 Å². The zero-order chi connectivity index (χ0) is 14.0. The number of esters is 1. The first-order valence-corrected chi connectivity index (χ1v) is 6.63. The summed E-state index contributed by atoms with van der Waals surface area (Å²) < 4.78 is 19.0. The molecule has 0 radical (unpaired) electrons. The molecule has 104 valence electrons. The average Bonchev–Trinajstić information content (AvgIpc) is 2.31. The quantitative estimate of drug-likeness (QED) is 0.657. The summed E-state index contributed by atoms with van der Waals surface area (Å²) in [6.07, 6.45) is 3.63. The fourth-order valence-electron chi connectivity index (χ4n) is 2.40. The second-order valence-electron chi connectivity index (χ2n) is 6.01. The molecule has 0 aromatic heterocycles. The zero-order valence-electron chi connectivity index (χ0n) is 11.4. The summed E-state index contributed by atoms with van der Waals surface area (Å²) in [4.78, 5) is 11.9. The van der Waals surface area contributed by atoms with Crippen LogP contribution in [0.15, 0.2) is 18.2 Å². The molecule has 1 fully saturated rings. The molecule has 0 heterocycles. The summed E-state index contributed by atoms with van der Waals surface area (Å²) in [6.45, 7) is 4.43. The van der Waals surface area contributed by atoms with Gasteiger partial charge in [0.05, 0.1) is 5.56 Å². The number of ether oxygens (including phenoxy) is 1. The Kier molecular flexibility index (Phi) is 3.78. The Hall–Kier alpha value is -1.58. The largest absolute Gasteiger partial charge is 0.459 e. The zero-order valence-corrected chi connectivity index (χ0v) is 11.4. The van der Waals surface area contributed by atoms with Gasteiger partial charge in [-0.1, -0.05) is 13.8 Å². The van der Waals surface area contributed by atoms with Gasteiger partial charge in [-0.2, -0.15) is 0 Å². The Morgan fingerprint density at radius 2 is 2.00 bits per heavy atom. The van der Waals surface area contributed by atoms with Crippen molar-refractivity contribution in [1.82, 2.24) is 0 Å². The number of halogens is 1. The molecule has 19 heavy (non-hydrogen) atoms. The van der Waals surface area contributed by atoms with Gasteiger partial charge >= 0.3 is 5.97 Å². The fraction of sp³-hybridized carbons (Fsp3) is 0.533. The molecule has 2 rings (SSSR count). The number of hydrogen-bond acceptors (Lipinski definition) is 3. The standard InChI is InChI=1S/C15H20FNO2/c1-15(2)7-5-11(6-8-15)19-14(18)12-4-3-10(17)9-13(12)16/h3-4,9,11H,5-8,17H2,1-2H3. The Morgan fingerprint density at radius 1 is 1.37 bits per heavy atom. The number of nitrogens with two attached hydrogens (primary N) is 1. The molecule has 0 amide bonds. The maximum Gasteiger partial charge on any atom is 0.341 e. The van der Waals surface area contributed by atoms with Crippen molar-refractivity contribution in [1.29, 1.82) is 0 Å². The highest BCUT2D eigenvalue weighted by atomic mass is 19.1. The minimum absolute atomic E-state index is 0.0426. The lowest BCUT2D eigenvalue weighted by atomic mass is 9.76. The van der Waals surface area contributed by atoms with Gasteiger partial charge in [0, 0.05) is 5.69 Å². The van der Waals surface area contributed by atoms with Crippen molar-refractivity contribution in [2.75, 3.05) is 5.73 Å². The molecule has 3 nitrogen and oxygen atoms in total. The first kappa shape index (κ1) is 13.8. The van der Waals surface area contributed by atoms with Crippen molar-refractivity contribution >= 4 is 11.7 Å². The molecular weight excluding hydrogens is 245 g/mol. The Balaban J connectivity index is 1.98. The molecule has 2 N–H and O–H groups in total. The van der Waals surface area contributed by atoms with Crippen LogP contribution in [-0.4, -0.2) is 12.1 Å². The van der Waals surface area contributed by atoms with Gasteiger partial charge < -0.3 is 10.5 Å². The molecule has 1 aliphatic carbocycles. The highest BCUT2D eigenvalue weighted by molar-refractivity contribution is 5.90. The maximum atomic E-state index is 13.6. The lowest BCUT2D eigenvalue weighted by molar-refractivity contribution is 0.00907. The molecule has 1 aliphatic rings. The Labute approximate surface area is 112 Å². The van der Waals surface area contributed by atoms with Crippen molar-refractivity contribution in [3.05, 3.63) is 29.6 Å². The summed E-state index contributed by atoms with van der Waals surface area (Å²) in [5.74, 6) is -1.22. The monoisotopic (exact) mass is 265 g/mol. The molecule has 0 unspecified atom stereocenters. The number of rotatable bonds is 2. The van der Waals surface area contributed by atoms with E-state index in [1.165, 1.54) is 12.1 Å². The summed E-state index contributed by atoms with van der Waals surface area (Å²) >= 11 is 0. The molecule has 1 aromatic carbocycles. The summed E-state index contributed by atoms with van der Waals surface area (Å²) in [5.41, 5.74) is 6.02. The van der Waals surface area contributed by atoms with E-state index in [-0.39, 0.29) is 11.7 Å². The van der Waals surface area contributed by atoms with Gasteiger partial charge in [0.25, 0.3) is 0 Å². The lowest BCUT2D eigenvalue weighted by Crippen LogP contribution is -2.28. The van der Waals surface area contributed by atoms with Crippen LogP contribution in [-0.2, 0) is 4.74 Å². The van der Waals surface area contributed by atoms with Crippen molar-refractivity contribution in [2.24, 2.45) is 5.41 Å². The summed E-state index contributed by atoms with van der Waals surface area (Å²) in [5, 5.41) is 0. The van der Waals surface area contributed by atoms with Crippen molar-refractivity contribution in [3.63, 3.8) is 0 Å². The first-order valence-electron chi connectivity index (χ1n) is 6.63. The van der Waals surface area contributed by atoms with E-state index in [1.54, 1.807) is 0 Å². The van der Waals surface area contributed by atoms with E-state index in [4.69, 9.17) is 10.5 Å². The normalized spacial score (nSPS) is 19.1. The number of benzene rings is 1. The molecular formula is C15H20FNO2. The van der Waals surface area contributed by atoms with Crippen LogP contribution in [0, 0.1) is 11.2 Å². The molecule has 1 aromatic rings. The van der Waals surface area contributed by atoms with Gasteiger partial charge in [-0.3, -0.25) is 0 Å². The summed E-state index contributed by atoms with van der Waals surface area (Å²) in [6, 6.07) is 4.02. The third-order valence-electron chi connectivity index (χ3n) is 3.77. The van der Waals surface area contributed by atoms with Gasteiger partial charge in [0.2, 0.25) is 0 Å². The number of carbonyl (C=O) groups is 1. The third kappa shape index (κ3) is 3.46. The van der Waals surface area contributed by atoms with E-state index in [2.05, 4.69) is 13.8 Å². The van der Waals surface area contributed by atoms with E-state index in [9.17, 15) is 9.18 Å². The predicted molar refractivity (Wildman–Crippen MR) is 72.3 cm³/mol. The number of anilines is 1. The van der Waals surface area contributed by atoms with Crippen LogP contribution in [0.4, 0.5) is 10.1 Å². The molecule has 0 saturated heterocycles. The number of carbonyl (C=O) groups excluding carboxylic acids is 1. The van der Waals surface area contributed by atoms with Crippen LogP contribution in [0.2, 0.25) is 0 Å². The predicted octanol–water partition coefficient (Wildman–Crippen LogP) is 3.53. The van der Waals surface area contributed by atoms with E-state index >= 15 is 0 Å². The molecule has 1 saturated carbocycles. The molecule has 0 bridgehead atoms. The van der Waals surface area contributed by atoms with Crippen LogP contribution in [0.5, 0.6) is 0 Å². The van der Waals surface area contributed by atoms with Crippen molar-refractivity contribution < 1.29 is 13.9 Å². The van der Waals surface area contributed by atoms with E-state index in [1.807, 2.05) is 0 Å². The van der Waals surface area contributed by atoms with Crippen molar-refractivity contribution in [2.45, 2.75) is 45.6 Å². The highest BCUT2D eigenvalue weighted by Crippen LogP contribution is 2.36. The lowest BCUT2D eigenvalue weighted by Gasteiger charge is -2.33. The minimum Gasteiger partial charge on any atom is -0.459 e. The highest BCUT2D eigenvalue weighted by Gasteiger charge is 2.29. The van der Waals surface area contributed by atoms with Crippen LogP contribution < -0.4 is 5.73 Å². The molecule has 0 atom stereocenters. The SMILES string of the molecule is CC1(C)CCC(OC(=O)c2ccc(N)cc2F)CC1. The first-order chi connectivity index (χ1) is 8.87. The summed E-state index contributed by atoms with van der Waals surface area (Å²) in [7, 11) is 0. The van der Waals surface area contributed by atoms with Gasteiger partial charge in [0.1, 0.15) is 11.9 Å². The van der Waals surface area contributed by atoms with Gasteiger partial charge in [-0.15, -0.1) is 0 Å². The van der Waals surface area contributed by atoms with Gasteiger partial charge in [0.15, 0.2) is 0 Å². The number of hydrogen-bond donors (Lipinski definition) is 1. The second-order valence-corrected chi connectivity index (χ2v) is 6.01. The van der Waals surface area contributed by atoms with Gasteiger partial charge in [-0.25, -0.2) is 9.18 Å². The maximum absolute atomic E-state index is 13.6. The van der Waals surface area contributed by atoms with Crippen LogP contribution in [0.1, 0.15) is 49.9 Å². The van der Waals surface area contributed by atoms with E-state index < -0.39 is 11.8 Å². The average molecular weight is 265 g/mol. The van der Waals surface area contributed by atoms with Crippen LogP contribution >= 0.6 is 0 Å². The second kappa shape index (κ2) is 5.19. The third-order valence-corrected chi connectivity index (χ3v) is 3.77. The number of nitrogen functional groups attached to an aromatic ring is 1. The Morgan fingerprint density at radius 3 is 2.58 bits per heavy atom. The molecule has 4 heteroatoms. The van der Waals surface area contributed by atoms with Crippen LogP contribution in [0.3, 0.4) is 0 Å². The molecule has 0 spiro atoms. The minimum atomic E-state index is -0.624. The van der Waals surface area contributed by atoms with Gasteiger partial charge in [-0.05, 0) is 49.3 Å². The topological polar surface area (TPSA) is 52.3 Å². The van der Waals surface area contributed by atoms with Crippen molar-refractivity contribution in [3.8, 4) is 0 Å². The Bertz CT molecular complexity index is 475. The van der Waals surface area contributed by atoms with Crippen LogP contribution in [0.25, 0.3) is 0 Å². The fourth-order valence-corrected chi connectivity index (χ4v) is 2.40. The smallest absolute Gasteiger partial charge is 0.341 e. The van der Waals surface area contributed by atoms with E-state index in [0.29, 0.717) is 11.1 Å². The molecule has 0 aliphatic heterocycles.